The summed E-state index contributed by atoms with van der Waals surface area (Å²) >= 11 is 1.70. The molecule has 1 aromatic heterocycles. The highest BCUT2D eigenvalue weighted by Gasteiger charge is 2.02. The average molecular weight is 253 g/mol. The maximum absolute atomic E-state index is 9.68. The zero-order valence-electron chi connectivity index (χ0n) is 9.58. The van der Waals surface area contributed by atoms with Crippen LogP contribution in [0.4, 0.5) is 0 Å². The van der Waals surface area contributed by atoms with Crippen molar-refractivity contribution in [2.75, 3.05) is 0 Å². The molecule has 18 heavy (non-hydrogen) atoms. The Balaban J connectivity index is 1.99. The molecule has 2 aromatic carbocycles. The van der Waals surface area contributed by atoms with Gasteiger partial charge in [0.1, 0.15) is 5.75 Å². The summed E-state index contributed by atoms with van der Waals surface area (Å²) in [6.07, 6.45) is 3.23. The van der Waals surface area contributed by atoms with Gasteiger partial charge in [0.15, 0.2) is 0 Å². The van der Waals surface area contributed by atoms with E-state index >= 15 is 0 Å². The van der Waals surface area contributed by atoms with E-state index in [1.54, 1.807) is 18.0 Å². The van der Waals surface area contributed by atoms with Gasteiger partial charge in [0, 0.05) is 26.8 Å². The number of benzene rings is 2. The standard InChI is InChI=1S/C15H11NOS/c17-15-10-16-9-11-8-13(6-7-14(11)15)18-12-4-2-1-3-5-12/h1-10,17H. The van der Waals surface area contributed by atoms with Gasteiger partial charge in [0.25, 0.3) is 0 Å². The number of rotatable bonds is 2. The Morgan fingerprint density at radius 2 is 1.72 bits per heavy atom. The number of nitrogens with zero attached hydrogens (tertiary/aromatic N) is 1. The van der Waals surface area contributed by atoms with Crippen LogP contribution in [0, 0.1) is 0 Å². The van der Waals surface area contributed by atoms with E-state index in [1.165, 1.54) is 11.1 Å². The Morgan fingerprint density at radius 3 is 2.56 bits per heavy atom. The molecule has 0 unspecified atom stereocenters. The molecule has 0 bridgehead atoms. The molecule has 1 N–H and O–H groups in total. The van der Waals surface area contributed by atoms with Crippen LogP contribution in [-0.2, 0) is 0 Å². The zero-order valence-corrected chi connectivity index (χ0v) is 10.4. The third-order valence-corrected chi connectivity index (χ3v) is 3.69. The van der Waals surface area contributed by atoms with Crippen molar-refractivity contribution in [3.05, 3.63) is 60.9 Å². The summed E-state index contributed by atoms with van der Waals surface area (Å²) in [5, 5.41) is 11.5. The molecule has 0 aliphatic carbocycles. The fourth-order valence-electron chi connectivity index (χ4n) is 1.83. The number of hydrogen-bond acceptors (Lipinski definition) is 3. The first kappa shape index (κ1) is 11.1. The Kier molecular flexibility index (Phi) is 2.90. The maximum Gasteiger partial charge on any atom is 0.141 e. The predicted molar refractivity (Wildman–Crippen MR) is 74.0 cm³/mol. The second-order valence-electron chi connectivity index (χ2n) is 3.96. The molecular weight excluding hydrogens is 242 g/mol. The van der Waals surface area contributed by atoms with Gasteiger partial charge in [-0.15, -0.1) is 0 Å². The van der Waals surface area contributed by atoms with Crippen LogP contribution in [0.25, 0.3) is 10.8 Å². The summed E-state index contributed by atoms with van der Waals surface area (Å²) in [6.45, 7) is 0. The summed E-state index contributed by atoms with van der Waals surface area (Å²) in [6, 6.07) is 16.2. The van der Waals surface area contributed by atoms with Gasteiger partial charge in [-0.1, -0.05) is 30.0 Å². The van der Waals surface area contributed by atoms with Gasteiger partial charge < -0.3 is 5.11 Å². The first-order chi connectivity index (χ1) is 8.83. The first-order valence-electron chi connectivity index (χ1n) is 5.62. The molecule has 0 amide bonds. The van der Waals surface area contributed by atoms with E-state index < -0.39 is 0 Å². The van der Waals surface area contributed by atoms with E-state index in [1.807, 2.05) is 36.4 Å². The average Bonchev–Trinajstić information content (AvgIpc) is 2.40. The highest BCUT2D eigenvalue weighted by atomic mass is 32.2. The number of fused-ring (bicyclic) bond motifs is 1. The Bertz CT molecular complexity index is 682. The second-order valence-corrected chi connectivity index (χ2v) is 5.10. The van der Waals surface area contributed by atoms with Gasteiger partial charge in [0.2, 0.25) is 0 Å². The molecule has 0 aliphatic heterocycles. The van der Waals surface area contributed by atoms with Crippen molar-refractivity contribution in [1.82, 2.24) is 4.98 Å². The normalized spacial score (nSPS) is 10.7. The van der Waals surface area contributed by atoms with Gasteiger partial charge in [-0.2, -0.15) is 0 Å². The minimum Gasteiger partial charge on any atom is -0.506 e. The zero-order chi connectivity index (χ0) is 12.4. The predicted octanol–water partition coefficient (Wildman–Crippen LogP) is 4.09. The van der Waals surface area contributed by atoms with Gasteiger partial charge in [0.05, 0.1) is 6.20 Å². The van der Waals surface area contributed by atoms with Crippen molar-refractivity contribution >= 4 is 22.5 Å². The van der Waals surface area contributed by atoms with Crippen LogP contribution in [-0.4, -0.2) is 10.1 Å². The Morgan fingerprint density at radius 1 is 0.889 bits per heavy atom. The Hall–Kier alpha value is -2.00. The number of hydrogen-bond donors (Lipinski definition) is 1. The number of aromatic hydroxyl groups is 1. The van der Waals surface area contributed by atoms with Crippen LogP contribution in [0.2, 0.25) is 0 Å². The van der Waals surface area contributed by atoms with Crippen LogP contribution in [0.15, 0.2) is 70.7 Å². The van der Waals surface area contributed by atoms with Crippen LogP contribution in [0.1, 0.15) is 0 Å². The molecule has 3 aromatic rings. The number of aromatic nitrogens is 1. The molecule has 3 heteroatoms. The minimum absolute atomic E-state index is 0.226. The fourth-order valence-corrected chi connectivity index (χ4v) is 2.71. The van der Waals surface area contributed by atoms with Crippen molar-refractivity contribution in [3.63, 3.8) is 0 Å². The molecule has 88 valence electrons. The van der Waals surface area contributed by atoms with Gasteiger partial charge in [-0.3, -0.25) is 4.98 Å². The van der Waals surface area contributed by atoms with Crippen molar-refractivity contribution in [1.29, 1.82) is 0 Å². The number of pyridine rings is 1. The SMILES string of the molecule is Oc1cncc2cc(Sc3ccccc3)ccc12. The first-order valence-corrected chi connectivity index (χ1v) is 6.44. The van der Waals surface area contributed by atoms with E-state index in [0.29, 0.717) is 0 Å². The summed E-state index contributed by atoms with van der Waals surface area (Å²) in [5.41, 5.74) is 0. The van der Waals surface area contributed by atoms with Crippen molar-refractivity contribution in [3.8, 4) is 5.75 Å². The van der Waals surface area contributed by atoms with Gasteiger partial charge in [-0.25, -0.2) is 0 Å². The molecule has 1 heterocycles. The van der Waals surface area contributed by atoms with Crippen LogP contribution >= 0.6 is 11.8 Å². The van der Waals surface area contributed by atoms with Crippen molar-refractivity contribution in [2.24, 2.45) is 0 Å². The largest absolute Gasteiger partial charge is 0.506 e. The minimum atomic E-state index is 0.226. The molecule has 0 radical (unpaired) electrons. The lowest BCUT2D eigenvalue weighted by Gasteiger charge is -2.04. The fraction of sp³-hybridized carbons (Fsp3) is 0. The summed E-state index contributed by atoms with van der Waals surface area (Å²) < 4.78 is 0. The highest BCUT2D eigenvalue weighted by Crippen LogP contribution is 2.31. The lowest BCUT2D eigenvalue weighted by molar-refractivity contribution is 0.479. The monoisotopic (exact) mass is 253 g/mol. The third-order valence-electron chi connectivity index (χ3n) is 2.69. The summed E-state index contributed by atoms with van der Waals surface area (Å²) in [4.78, 5) is 6.34. The summed E-state index contributed by atoms with van der Waals surface area (Å²) in [7, 11) is 0. The van der Waals surface area contributed by atoms with Crippen LogP contribution in [0.3, 0.4) is 0 Å². The lowest BCUT2D eigenvalue weighted by Crippen LogP contribution is -1.79. The molecular formula is C15H11NOS. The van der Waals surface area contributed by atoms with E-state index in [4.69, 9.17) is 0 Å². The van der Waals surface area contributed by atoms with Crippen molar-refractivity contribution < 1.29 is 5.11 Å². The molecule has 0 atom stereocenters. The molecule has 0 saturated heterocycles. The van der Waals surface area contributed by atoms with Crippen molar-refractivity contribution in [2.45, 2.75) is 9.79 Å². The Labute approximate surface area is 109 Å². The molecule has 0 aliphatic rings. The third kappa shape index (κ3) is 2.17. The van der Waals surface area contributed by atoms with Gasteiger partial charge >= 0.3 is 0 Å². The lowest BCUT2D eigenvalue weighted by atomic mass is 10.2. The van der Waals surface area contributed by atoms with Gasteiger partial charge in [-0.05, 0) is 30.3 Å². The molecule has 0 spiro atoms. The topological polar surface area (TPSA) is 33.1 Å². The molecule has 3 rings (SSSR count). The quantitative estimate of drug-likeness (QED) is 0.746. The molecule has 0 saturated carbocycles. The van der Waals surface area contributed by atoms with E-state index in [2.05, 4.69) is 17.1 Å². The van der Waals surface area contributed by atoms with E-state index in [9.17, 15) is 5.11 Å². The summed E-state index contributed by atoms with van der Waals surface area (Å²) in [5.74, 6) is 0.226. The highest BCUT2D eigenvalue weighted by molar-refractivity contribution is 7.99. The second kappa shape index (κ2) is 4.70. The van der Waals surface area contributed by atoms with E-state index in [-0.39, 0.29) is 5.75 Å². The van der Waals surface area contributed by atoms with Crippen LogP contribution < -0.4 is 0 Å². The molecule has 2 nitrogen and oxygen atoms in total. The smallest absolute Gasteiger partial charge is 0.141 e. The maximum atomic E-state index is 9.68. The molecule has 0 fully saturated rings. The van der Waals surface area contributed by atoms with Crippen LogP contribution in [0.5, 0.6) is 5.75 Å². The van der Waals surface area contributed by atoms with E-state index in [0.717, 1.165) is 15.7 Å².